The Labute approximate surface area is 166 Å². The van der Waals surface area contributed by atoms with Gasteiger partial charge in [-0.15, -0.1) is 0 Å². The fourth-order valence-electron chi connectivity index (χ4n) is 2.55. The van der Waals surface area contributed by atoms with Crippen molar-refractivity contribution in [3.05, 3.63) is 52.5 Å². The first-order valence-corrected chi connectivity index (χ1v) is 9.85. The Bertz CT molecular complexity index is 1030. The van der Waals surface area contributed by atoms with Crippen LogP contribution in [0.5, 0.6) is 0 Å². The summed E-state index contributed by atoms with van der Waals surface area (Å²) in [5.41, 5.74) is 7.82. The second-order valence-electron chi connectivity index (χ2n) is 5.76. The predicted octanol–water partition coefficient (Wildman–Crippen LogP) is 3.53. The number of rotatable bonds is 4. The molecule has 2 atom stereocenters. The first kappa shape index (κ1) is 19.7. The second kappa shape index (κ2) is 7.53. The van der Waals surface area contributed by atoms with Gasteiger partial charge in [-0.3, -0.25) is 0 Å². The molecule has 1 aliphatic rings. The Morgan fingerprint density at radius 2 is 1.85 bits per heavy atom. The summed E-state index contributed by atoms with van der Waals surface area (Å²) in [5, 5.41) is 13.9. The van der Waals surface area contributed by atoms with Crippen LogP contribution in [-0.2, 0) is 10.1 Å². The number of halogens is 2. The molecule has 142 valence electrons. The third kappa shape index (κ3) is 4.12. The summed E-state index contributed by atoms with van der Waals surface area (Å²) in [4.78, 5) is -0.612. The topological polar surface area (TPSA) is 124 Å². The van der Waals surface area contributed by atoms with Crippen molar-refractivity contribution in [2.45, 2.75) is 24.0 Å². The monoisotopic (exact) mass is 426 g/mol. The van der Waals surface area contributed by atoms with Gasteiger partial charge in [-0.1, -0.05) is 41.4 Å². The molecule has 0 fully saturated rings. The van der Waals surface area contributed by atoms with Crippen LogP contribution in [0.4, 0.5) is 11.4 Å². The Hall–Kier alpha value is -2.04. The molecule has 1 heterocycles. The minimum atomic E-state index is -4.74. The highest BCUT2D eigenvalue weighted by Gasteiger charge is 2.33. The lowest BCUT2D eigenvalue weighted by Gasteiger charge is -2.21. The molecule has 27 heavy (non-hydrogen) atoms. The van der Waals surface area contributed by atoms with Crippen LogP contribution in [0.15, 0.2) is 62.7 Å². The molecule has 0 aliphatic carbocycles. The standard InChI is InChI=1S/C16H15Cl2N5O3S/c1-9-15(16(19)23(22-9)10-5-3-2-4-6-10)21-20-13-7-12(18)14(8-11(13)17)27(24,25)26/h2-8,15-16H,19H2,1H3,(H,24,25,26)/p-1. The molecule has 2 N–H and O–H groups in total. The van der Waals surface area contributed by atoms with Crippen LogP contribution in [0.3, 0.4) is 0 Å². The van der Waals surface area contributed by atoms with E-state index in [9.17, 15) is 13.0 Å². The lowest BCUT2D eigenvalue weighted by Crippen LogP contribution is -2.43. The first-order chi connectivity index (χ1) is 12.7. The van der Waals surface area contributed by atoms with Gasteiger partial charge in [-0.05, 0) is 31.2 Å². The Morgan fingerprint density at radius 1 is 1.19 bits per heavy atom. The van der Waals surface area contributed by atoms with Crippen LogP contribution < -0.4 is 10.7 Å². The van der Waals surface area contributed by atoms with Gasteiger partial charge in [0.25, 0.3) is 0 Å². The van der Waals surface area contributed by atoms with Crippen LogP contribution in [-0.4, -0.2) is 30.9 Å². The minimum Gasteiger partial charge on any atom is -0.744 e. The number of para-hydroxylation sites is 1. The maximum absolute atomic E-state index is 11.2. The molecule has 2 aromatic rings. The van der Waals surface area contributed by atoms with Gasteiger partial charge >= 0.3 is 0 Å². The molecular weight excluding hydrogens is 413 g/mol. The summed E-state index contributed by atoms with van der Waals surface area (Å²) in [6, 6.07) is 10.9. The van der Waals surface area contributed by atoms with Gasteiger partial charge in [0.1, 0.15) is 28.0 Å². The van der Waals surface area contributed by atoms with Crippen molar-refractivity contribution in [3.8, 4) is 0 Å². The predicted molar refractivity (Wildman–Crippen MR) is 103 cm³/mol. The quantitative estimate of drug-likeness (QED) is 0.591. The lowest BCUT2D eigenvalue weighted by atomic mass is 10.2. The molecule has 3 rings (SSSR count). The number of nitrogens with two attached hydrogens (primary N) is 1. The average Bonchev–Trinajstić information content (AvgIpc) is 2.89. The highest BCUT2D eigenvalue weighted by Crippen LogP contribution is 2.34. The molecule has 8 nitrogen and oxygen atoms in total. The summed E-state index contributed by atoms with van der Waals surface area (Å²) in [5.74, 6) is 0. The molecule has 0 saturated carbocycles. The molecule has 0 aromatic heterocycles. The van der Waals surface area contributed by atoms with Gasteiger partial charge in [0.15, 0.2) is 0 Å². The van der Waals surface area contributed by atoms with E-state index in [0.29, 0.717) is 5.71 Å². The van der Waals surface area contributed by atoms with E-state index in [1.165, 1.54) is 6.07 Å². The maximum atomic E-state index is 11.2. The van der Waals surface area contributed by atoms with Gasteiger partial charge < -0.3 is 10.3 Å². The molecular formula is C16H14Cl2N5O3S-. The van der Waals surface area contributed by atoms with E-state index in [4.69, 9.17) is 28.9 Å². The van der Waals surface area contributed by atoms with Crippen LogP contribution >= 0.6 is 23.2 Å². The van der Waals surface area contributed by atoms with Crippen molar-refractivity contribution in [1.82, 2.24) is 0 Å². The molecule has 0 saturated heterocycles. The van der Waals surface area contributed by atoms with Gasteiger partial charge in [-0.2, -0.15) is 15.3 Å². The average molecular weight is 427 g/mol. The van der Waals surface area contributed by atoms with Gasteiger partial charge in [-0.25, -0.2) is 13.4 Å². The molecule has 0 amide bonds. The van der Waals surface area contributed by atoms with E-state index >= 15 is 0 Å². The lowest BCUT2D eigenvalue weighted by molar-refractivity contribution is 0.463. The van der Waals surface area contributed by atoms with Gasteiger partial charge in [0, 0.05) is 0 Å². The number of anilines is 1. The van der Waals surface area contributed by atoms with E-state index in [2.05, 4.69) is 15.3 Å². The van der Waals surface area contributed by atoms with Crippen LogP contribution in [0.1, 0.15) is 6.92 Å². The minimum absolute atomic E-state index is 0.0707. The van der Waals surface area contributed by atoms with E-state index in [0.717, 1.165) is 11.8 Å². The summed E-state index contributed by atoms with van der Waals surface area (Å²) >= 11 is 11.8. The molecule has 11 heteroatoms. The highest BCUT2D eigenvalue weighted by molar-refractivity contribution is 7.85. The van der Waals surface area contributed by atoms with Crippen LogP contribution in [0.2, 0.25) is 10.0 Å². The second-order valence-corrected chi connectivity index (χ2v) is 7.92. The molecule has 0 radical (unpaired) electrons. The Morgan fingerprint density at radius 3 is 2.48 bits per heavy atom. The third-order valence-corrected chi connectivity index (χ3v) is 5.48. The number of nitrogens with zero attached hydrogens (tertiary/aromatic N) is 4. The van der Waals surface area contributed by atoms with Crippen molar-refractivity contribution in [2.75, 3.05) is 5.01 Å². The maximum Gasteiger partial charge on any atom is 0.146 e. The van der Waals surface area contributed by atoms with E-state index in [1.54, 1.807) is 11.9 Å². The number of hydrogen-bond acceptors (Lipinski definition) is 8. The zero-order valence-corrected chi connectivity index (χ0v) is 16.3. The van der Waals surface area contributed by atoms with Crippen molar-refractivity contribution in [3.63, 3.8) is 0 Å². The summed E-state index contributed by atoms with van der Waals surface area (Å²) in [6.07, 6.45) is -0.577. The van der Waals surface area contributed by atoms with Crippen molar-refractivity contribution >= 4 is 50.4 Å². The van der Waals surface area contributed by atoms with Crippen LogP contribution in [0.25, 0.3) is 0 Å². The third-order valence-electron chi connectivity index (χ3n) is 3.88. The van der Waals surface area contributed by atoms with Crippen molar-refractivity contribution < 1.29 is 13.0 Å². The number of hydrazone groups is 1. The highest BCUT2D eigenvalue weighted by atomic mass is 35.5. The molecule has 0 spiro atoms. The number of benzene rings is 2. The number of azo groups is 1. The summed E-state index contributed by atoms with van der Waals surface area (Å²) in [6.45, 7) is 1.77. The largest absolute Gasteiger partial charge is 0.744 e. The van der Waals surface area contributed by atoms with Gasteiger partial charge in [0.05, 0.1) is 26.3 Å². The van der Waals surface area contributed by atoms with E-state index in [1.807, 2.05) is 30.3 Å². The summed E-state index contributed by atoms with van der Waals surface area (Å²) < 4.78 is 33.5. The smallest absolute Gasteiger partial charge is 0.146 e. The molecule has 2 aromatic carbocycles. The Balaban J connectivity index is 1.87. The fourth-order valence-corrected chi connectivity index (χ4v) is 3.82. The molecule has 0 bridgehead atoms. The van der Waals surface area contributed by atoms with Gasteiger partial charge in [0.2, 0.25) is 0 Å². The summed E-state index contributed by atoms with van der Waals surface area (Å²) in [7, 11) is -4.74. The van der Waals surface area contributed by atoms with E-state index in [-0.39, 0.29) is 15.7 Å². The Kier molecular flexibility index (Phi) is 5.50. The van der Waals surface area contributed by atoms with Crippen molar-refractivity contribution in [2.24, 2.45) is 21.1 Å². The first-order valence-electron chi connectivity index (χ1n) is 7.69. The molecule has 2 unspecified atom stereocenters. The zero-order valence-electron chi connectivity index (χ0n) is 14.0. The van der Waals surface area contributed by atoms with Crippen molar-refractivity contribution in [1.29, 1.82) is 0 Å². The molecule has 1 aliphatic heterocycles. The number of hydrogen-bond donors (Lipinski definition) is 1. The SMILES string of the molecule is CC1=NN(c2ccccc2)C(N)C1N=Nc1cc(Cl)c(S(=O)(=O)[O-])cc1Cl. The van der Waals surface area contributed by atoms with E-state index < -0.39 is 27.2 Å². The van der Waals surface area contributed by atoms with Crippen LogP contribution in [0, 0.1) is 0 Å². The normalized spacial score (nSPS) is 20.3. The zero-order chi connectivity index (χ0) is 19.8. The fraction of sp³-hybridized carbons (Fsp3) is 0.188.